The maximum Gasteiger partial charge on any atom is 0.254 e. The van der Waals surface area contributed by atoms with E-state index in [1.807, 2.05) is 46.8 Å². The van der Waals surface area contributed by atoms with Crippen molar-refractivity contribution in [1.82, 2.24) is 14.7 Å². The zero-order valence-electron chi connectivity index (χ0n) is 13.5. The molecule has 0 unspecified atom stereocenters. The molecule has 0 aliphatic carbocycles. The Kier molecular flexibility index (Phi) is 3.61. The number of aliphatic hydroxyl groups excluding tert-OH is 1. The summed E-state index contributed by atoms with van der Waals surface area (Å²) < 4.78 is 7.46. The molecule has 6 nitrogen and oxygen atoms in total. The quantitative estimate of drug-likeness (QED) is 0.786. The van der Waals surface area contributed by atoms with E-state index in [2.05, 4.69) is 5.10 Å². The number of rotatable bonds is 2. The van der Waals surface area contributed by atoms with Gasteiger partial charge < -0.3 is 14.4 Å². The summed E-state index contributed by atoms with van der Waals surface area (Å²) in [5.74, 6) is 0.848. The molecule has 1 aliphatic rings. The second-order valence-corrected chi connectivity index (χ2v) is 6.20. The number of aryl methyl sites for hydroxylation is 2. The van der Waals surface area contributed by atoms with Crippen LogP contribution in [0, 0.1) is 6.92 Å². The summed E-state index contributed by atoms with van der Waals surface area (Å²) in [5.41, 5.74) is 3.07. The van der Waals surface area contributed by atoms with Crippen molar-refractivity contribution in [1.29, 1.82) is 0 Å². The first kappa shape index (κ1) is 15.0. The highest BCUT2D eigenvalue weighted by molar-refractivity contribution is 5.97. The van der Waals surface area contributed by atoms with Gasteiger partial charge in [0.1, 0.15) is 11.3 Å². The summed E-state index contributed by atoms with van der Waals surface area (Å²) in [7, 11) is 0. The van der Waals surface area contributed by atoms with Crippen molar-refractivity contribution < 1.29 is 14.3 Å². The summed E-state index contributed by atoms with van der Waals surface area (Å²) in [6.45, 7) is 3.78. The minimum absolute atomic E-state index is 0.0101. The molecule has 3 aromatic rings. The molecule has 1 amide bonds. The topological polar surface area (TPSA) is 71.5 Å². The summed E-state index contributed by atoms with van der Waals surface area (Å²) >= 11 is 0. The molecule has 0 atom stereocenters. The van der Waals surface area contributed by atoms with Gasteiger partial charge in [0.25, 0.3) is 5.91 Å². The van der Waals surface area contributed by atoms with Crippen LogP contribution in [0.3, 0.4) is 0 Å². The average Bonchev–Trinajstić information content (AvgIpc) is 3.09. The van der Waals surface area contributed by atoms with Gasteiger partial charge in [-0.15, -0.1) is 0 Å². The number of carbonyl (C=O) groups excluding carboxylic acids is 1. The molecule has 2 aromatic heterocycles. The Balaban J connectivity index is 1.62. The van der Waals surface area contributed by atoms with Crippen molar-refractivity contribution in [3.63, 3.8) is 0 Å². The third kappa shape index (κ3) is 2.59. The van der Waals surface area contributed by atoms with Crippen molar-refractivity contribution in [2.75, 3.05) is 6.54 Å². The lowest BCUT2D eigenvalue weighted by Gasteiger charge is -2.20. The Bertz CT molecular complexity index is 910. The molecule has 0 saturated heterocycles. The molecule has 4 rings (SSSR count). The van der Waals surface area contributed by atoms with E-state index in [-0.39, 0.29) is 12.5 Å². The van der Waals surface area contributed by atoms with Crippen molar-refractivity contribution in [2.45, 2.75) is 33.0 Å². The maximum atomic E-state index is 12.9. The summed E-state index contributed by atoms with van der Waals surface area (Å²) in [6, 6.07) is 9.36. The number of hydrogen-bond acceptors (Lipinski definition) is 4. The van der Waals surface area contributed by atoms with E-state index in [1.54, 1.807) is 0 Å². The second-order valence-electron chi connectivity index (χ2n) is 6.20. The van der Waals surface area contributed by atoms with Crippen LogP contribution in [0.2, 0.25) is 0 Å². The van der Waals surface area contributed by atoms with E-state index in [0.717, 1.165) is 35.4 Å². The zero-order valence-corrected chi connectivity index (χ0v) is 13.5. The van der Waals surface area contributed by atoms with Crippen LogP contribution in [0.1, 0.15) is 33.9 Å². The molecule has 0 fully saturated rings. The van der Waals surface area contributed by atoms with E-state index in [1.165, 1.54) is 0 Å². The zero-order chi connectivity index (χ0) is 16.7. The lowest BCUT2D eigenvalue weighted by Crippen LogP contribution is -2.30. The fourth-order valence-electron chi connectivity index (χ4n) is 3.26. The normalized spacial score (nSPS) is 14.7. The van der Waals surface area contributed by atoms with Crippen LogP contribution in [0.5, 0.6) is 0 Å². The number of amides is 1. The lowest BCUT2D eigenvalue weighted by molar-refractivity contribution is 0.0746. The van der Waals surface area contributed by atoms with Crippen LogP contribution in [0.4, 0.5) is 0 Å². The van der Waals surface area contributed by atoms with Crippen LogP contribution in [0.15, 0.2) is 34.7 Å². The van der Waals surface area contributed by atoms with Crippen molar-refractivity contribution in [3.8, 4) is 0 Å². The number of aliphatic hydroxyl groups is 1. The molecule has 1 aromatic carbocycles. The van der Waals surface area contributed by atoms with E-state index in [9.17, 15) is 9.90 Å². The first-order chi connectivity index (χ1) is 11.6. The van der Waals surface area contributed by atoms with E-state index >= 15 is 0 Å². The number of benzene rings is 1. The Morgan fingerprint density at radius 1 is 1.29 bits per heavy atom. The molecule has 0 spiro atoms. The van der Waals surface area contributed by atoms with E-state index in [0.29, 0.717) is 24.3 Å². The highest BCUT2D eigenvalue weighted by Crippen LogP contribution is 2.22. The highest BCUT2D eigenvalue weighted by atomic mass is 16.3. The molecular formula is C18H19N3O3. The largest absolute Gasteiger partial charge is 0.461 e. The predicted octanol–water partition coefficient (Wildman–Crippen LogP) is 2.48. The third-order valence-electron chi connectivity index (χ3n) is 4.40. The van der Waals surface area contributed by atoms with Gasteiger partial charge in [-0.1, -0.05) is 0 Å². The molecule has 1 N–H and O–H groups in total. The molecule has 24 heavy (non-hydrogen) atoms. The first-order valence-corrected chi connectivity index (χ1v) is 8.10. The molecule has 0 bridgehead atoms. The maximum absolute atomic E-state index is 12.9. The molecule has 124 valence electrons. The molecule has 3 heterocycles. The Morgan fingerprint density at radius 3 is 3.00 bits per heavy atom. The minimum Gasteiger partial charge on any atom is -0.461 e. The predicted molar refractivity (Wildman–Crippen MR) is 88.5 cm³/mol. The third-order valence-corrected chi connectivity index (χ3v) is 4.40. The van der Waals surface area contributed by atoms with Crippen molar-refractivity contribution in [2.24, 2.45) is 0 Å². The summed E-state index contributed by atoms with van der Waals surface area (Å²) in [4.78, 5) is 14.7. The van der Waals surface area contributed by atoms with Crippen LogP contribution < -0.4 is 0 Å². The van der Waals surface area contributed by atoms with Crippen LogP contribution in [-0.2, 0) is 19.7 Å². The van der Waals surface area contributed by atoms with Gasteiger partial charge in [-0.25, -0.2) is 0 Å². The number of aromatic nitrogens is 2. The number of nitrogens with zero attached hydrogens (tertiary/aromatic N) is 3. The molecule has 1 aliphatic heterocycles. The Morgan fingerprint density at radius 2 is 2.17 bits per heavy atom. The van der Waals surface area contributed by atoms with Gasteiger partial charge in [0.2, 0.25) is 0 Å². The van der Waals surface area contributed by atoms with E-state index < -0.39 is 0 Å². The summed E-state index contributed by atoms with van der Waals surface area (Å²) in [6.07, 6.45) is 0.846. The fourth-order valence-corrected chi connectivity index (χ4v) is 3.26. The van der Waals surface area contributed by atoms with Gasteiger partial charge in [-0.3, -0.25) is 9.48 Å². The molecule has 6 heteroatoms. The molecule has 0 radical (unpaired) electrons. The Hall–Kier alpha value is -2.60. The fraction of sp³-hybridized carbons (Fsp3) is 0.333. The lowest BCUT2D eigenvalue weighted by atomic mass is 10.1. The van der Waals surface area contributed by atoms with Gasteiger partial charge in [0, 0.05) is 24.0 Å². The number of furan rings is 1. The molecule has 0 saturated carbocycles. The van der Waals surface area contributed by atoms with Crippen molar-refractivity contribution in [3.05, 3.63) is 53.0 Å². The second kappa shape index (κ2) is 5.79. The van der Waals surface area contributed by atoms with Gasteiger partial charge in [-0.2, -0.15) is 5.10 Å². The summed E-state index contributed by atoms with van der Waals surface area (Å²) in [5, 5.41) is 14.5. The van der Waals surface area contributed by atoms with Gasteiger partial charge in [0.05, 0.1) is 24.5 Å². The first-order valence-electron chi connectivity index (χ1n) is 8.10. The van der Waals surface area contributed by atoms with Gasteiger partial charge >= 0.3 is 0 Å². The SMILES string of the molecule is Cc1cc2cc(C(=O)N3CCCn4nc(CO)cc4C3)ccc2o1. The van der Waals surface area contributed by atoms with Gasteiger partial charge in [0.15, 0.2) is 0 Å². The minimum atomic E-state index is -0.0789. The number of fused-ring (bicyclic) bond motifs is 2. The van der Waals surface area contributed by atoms with Crippen molar-refractivity contribution >= 4 is 16.9 Å². The van der Waals surface area contributed by atoms with Crippen LogP contribution in [-0.4, -0.2) is 32.2 Å². The van der Waals surface area contributed by atoms with Gasteiger partial charge in [-0.05, 0) is 43.7 Å². The number of carbonyl (C=O) groups is 1. The standard InChI is InChI=1S/C18H19N3O3/c1-12-7-14-8-13(3-4-17(14)24-12)18(23)20-5-2-6-21-16(10-20)9-15(11-22)19-21/h3-4,7-9,22H,2,5-6,10-11H2,1H3. The number of hydrogen-bond donors (Lipinski definition) is 1. The smallest absolute Gasteiger partial charge is 0.254 e. The van der Waals surface area contributed by atoms with Crippen LogP contribution in [0.25, 0.3) is 11.0 Å². The highest BCUT2D eigenvalue weighted by Gasteiger charge is 2.22. The molecular weight excluding hydrogens is 306 g/mol. The van der Waals surface area contributed by atoms with E-state index in [4.69, 9.17) is 4.42 Å². The monoisotopic (exact) mass is 325 g/mol. The Labute approximate surface area is 139 Å². The average molecular weight is 325 g/mol. The van der Waals surface area contributed by atoms with Crippen LogP contribution >= 0.6 is 0 Å².